The van der Waals surface area contributed by atoms with Crippen LogP contribution in [0.4, 0.5) is 5.69 Å². The van der Waals surface area contributed by atoms with E-state index in [4.69, 9.17) is 5.73 Å². The average Bonchev–Trinajstić information content (AvgIpc) is 2.37. The second-order valence-electron chi connectivity index (χ2n) is 5.35. The largest absolute Gasteiger partial charge is 0.399 e. The van der Waals surface area contributed by atoms with Crippen molar-refractivity contribution in [1.82, 2.24) is 4.90 Å². The summed E-state index contributed by atoms with van der Waals surface area (Å²) >= 11 is 0. The summed E-state index contributed by atoms with van der Waals surface area (Å²) in [5.41, 5.74) is 7.79. The van der Waals surface area contributed by atoms with E-state index in [1.807, 2.05) is 29.2 Å². The summed E-state index contributed by atoms with van der Waals surface area (Å²) in [6, 6.07) is 7.82. The molecule has 1 amide bonds. The van der Waals surface area contributed by atoms with Crippen molar-refractivity contribution in [3.05, 3.63) is 29.8 Å². The molecule has 0 bridgehead atoms. The average molecular weight is 260 g/mol. The normalized spacial score (nSPS) is 16.7. The molecule has 104 valence electrons. The highest BCUT2D eigenvalue weighted by Gasteiger charge is 2.14. The van der Waals surface area contributed by atoms with Gasteiger partial charge in [-0.05, 0) is 30.9 Å². The Hall–Kier alpha value is -1.51. The number of benzene rings is 1. The molecule has 1 aromatic rings. The van der Waals surface area contributed by atoms with Gasteiger partial charge in [0.1, 0.15) is 0 Å². The number of likely N-dealkylation sites (tertiary alicyclic amines) is 1. The molecule has 1 aliphatic heterocycles. The number of amides is 1. The number of hydrogen-bond donors (Lipinski definition) is 1. The summed E-state index contributed by atoms with van der Waals surface area (Å²) in [5, 5.41) is 0. The highest BCUT2D eigenvalue weighted by Crippen LogP contribution is 2.15. The highest BCUT2D eigenvalue weighted by atomic mass is 16.2. The lowest BCUT2D eigenvalue weighted by atomic mass is 10.1. The van der Waals surface area contributed by atoms with Gasteiger partial charge in [-0.1, -0.05) is 37.5 Å². The number of para-hydroxylation sites is 1. The third-order valence-electron chi connectivity index (χ3n) is 3.87. The van der Waals surface area contributed by atoms with E-state index in [9.17, 15) is 4.79 Å². The number of nitrogen functional groups attached to an aromatic ring is 1. The number of rotatable bonds is 3. The van der Waals surface area contributed by atoms with Crippen molar-refractivity contribution in [2.24, 2.45) is 0 Å². The van der Waals surface area contributed by atoms with E-state index in [0.717, 1.165) is 43.6 Å². The molecule has 1 aromatic carbocycles. The second-order valence-corrected chi connectivity index (χ2v) is 5.35. The fourth-order valence-electron chi connectivity index (χ4n) is 2.66. The molecule has 0 aromatic heterocycles. The van der Waals surface area contributed by atoms with Gasteiger partial charge in [-0.25, -0.2) is 0 Å². The van der Waals surface area contributed by atoms with Gasteiger partial charge in [0.15, 0.2) is 0 Å². The number of carbonyl (C=O) groups excluding carboxylic acids is 1. The smallest absolute Gasteiger partial charge is 0.222 e. The minimum absolute atomic E-state index is 0.283. The lowest BCUT2D eigenvalue weighted by Crippen LogP contribution is -2.33. The Morgan fingerprint density at radius 1 is 1.05 bits per heavy atom. The van der Waals surface area contributed by atoms with Gasteiger partial charge in [0.05, 0.1) is 0 Å². The molecule has 0 spiro atoms. The Kier molecular flexibility index (Phi) is 5.25. The summed E-state index contributed by atoms with van der Waals surface area (Å²) in [4.78, 5) is 14.3. The van der Waals surface area contributed by atoms with Gasteiger partial charge in [-0.2, -0.15) is 0 Å². The minimum atomic E-state index is 0.283. The van der Waals surface area contributed by atoms with Gasteiger partial charge in [-0.3, -0.25) is 4.79 Å². The van der Waals surface area contributed by atoms with Gasteiger partial charge in [0.2, 0.25) is 5.91 Å². The molecule has 0 atom stereocenters. The Morgan fingerprint density at radius 2 is 1.68 bits per heavy atom. The summed E-state index contributed by atoms with van der Waals surface area (Å²) in [6.45, 7) is 1.87. The molecule has 0 unspecified atom stereocenters. The third-order valence-corrected chi connectivity index (χ3v) is 3.87. The lowest BCUT2D eigenvalue weighted by molar-refractivity contribution is -0.131. The molecule has 2 N–H and O–H groups in total. The van der Waals surface area contributed by atoms with Crippen molar-refractivity contribution >= 4 is 11.6 Å². The molecular weight excluding hydrogens is 236 g/mol. The maximum atomic E-state index is 12.2. The van der Waals surface area contributed by atoms with E-state index in [1.54, 1.807) is 0 Å². The molecule has 3 nitrogen and oxygen atoms in total. The van der Waals surface area contributed by atoms with Crippen molar-refractivity contribution in [1.29, 1.82) is 0 Å². The molecule has 2 rings (SSSR count). The number of aryl methyl sites for hydroxylation is 1. The van der Waals surface area contributed by atoms with E-state index in [-0.39, 0.29) is 5.91 Å². The van der Waals surface area contributed by atoms with Gasteiger partial charge < -0.3 is 10.6 Å². The van der Waals surface area contributed by atoms with Crippen LogP contribution in [0.15, 0.2) is 24.3 Å². The van der Waals surface area contributed by atoms with Crippen molar-refractivity contribution < 1.29 is 4.79 Å². The van der Waals surface area contributed by atoms with Crippen molar-refractivity contribution in [3.8, 4) is 0 Å². The molecule has 1 saturated heterocycles. The Morgan fingerprint density at radius 3 is 2.37 bits per heavy atom. The molecule has 1 heterocycles. The van der Waals surface area contributed by atoms with Crippen LogP contribution in [0.2, 0.25) is 0 Å². The Labute approximate surface area is 115 Å². The zero-order chi connectivity index (χ0) is 13.5. The summed E-state index contributed by atoms with van der Waals surface area (Å²) in [6.07, 6.45) is 7.47. The van der Waals surface area contributed by atoms with Crippen molar-refractivity contribution in [2.45, 2.75) is 44.9 Å². The Balaban J connectivity index is 1.84. The van der Waals surface area contributed by atoms with Crippen LogP contribution in [0, 0.1) is 0 Å². The summed E-state index contributed by atoms with van der Waals surface area (Å²) in [5.74, 6) is 0.283. The topological polar surface area (TPSA) is 46.3 Å². The monoisotopic (exact) mass is 260 g/mol. The predicted molar refractivity (Wildman–Crippen MR) is 78.8 cm³/mol. The molecular formula is C16H24N2O. The van der Waals surface area contributed by atoms with E-state index in [2.05, 4.69) is 0 Å². The van der Waals surface area contributed by atoms with Gasteiger partial charge in [-0.15, -0.1) is 0 Å². The van der Waals surface area contributed by atoms with Crippen LogP contribution in [0.25, 0.3) is 0 Å². The predicted octanol–water partition coefficient (Wildman–Crippen LogP) is 2.99. The molecule has 3 heteroatoms. The fourth-order valence-corrected chi connectivity index (χ4v) is 2.66. The third kappa shape index (κ3) is 4.27. The van der Waals surface area contributed by atoms with Crippen LogP contribution >= 0.6 is 0 Å². The Bertz CT molecular complexity index is 409. The molecule has 1 fully saturated rings. The van der Waals surface area contributed by atoms with Gasteiger partial charge >= 0.3 is 0 Å². The van der Waals surface area contributed by atoms with Crippen LogP contribution in [-0.2, 0) is 11.2 Å². The zero-order valence-electron chi connectivity index (χ0n) is 11.6. The van der Waals surface area contributed by atoms with Gasteiger partial charge in [0.25, 0.3) is 0 Å². The van der Waals surface area contributed by atoms with Crippen LogP contribution in [-0.4, -0.2) is 23.9 Å². The molecule has 0 aliphatic carbocycles. The SMILES string of the molecule is Nc1ccccc1CCC(=O)N1CCCCCCC1. The number of nitrogens with two attached hydrogens (primary N) is 1. The number of hydrogen-bond acceptors (Lipinski definition) is 2. The second kappa shape index (κ2) is 7.17. The van der Waals surface area contributed by atoms with Crippen LogP contribution < -0.4 is 5.73 Å². The van der Waals surface area contributed by atoms with E-state index >= 15 is 0 Å². The lowest BCUT2D eigenvalue weighted by Gasteiger charge is -2.25. The van der Waals surface area contributed by atoms with E-state index in [0.29, 0.717) is 6.42 Å². The van der Waals surface area contributed by atoms with E-state index in [1.165, 1.54) is 19.3 Å². The van der Waals surface area contributed by atoms with Crippen LogP contribution in [0.3, 0.4) is 0 Å². The molecule has 1 aliphatic rings. The first-order valence-electron chi connectivity index (χ1n) is 7.38. The van der Waals surface area contributed by atoms with E-state index < -0.39 is 0 Å². The first-order chi connectivity index (χ1) is 9.27. The number of carbonyl (C=O) groups is 1. The molecule has 19 heavy (non-hydrogen) atoms. The summed E-state index contributed by atoms with van der Waals surface area (Å²) in [7, 11) is 0. The fraction of sp³-hybridized carbons (Fsp3) is 0.562. The maximum absolute atomic E-state index is 12.2. The van der Waals surface area contributed by atoms with Crippen LogP contribution in [0.1, 0.15) is 44.1 Å². The number of nitrogens with zero attached hydrogens (tertiary/aromatic N) is 1. The van der Waals surface area contributed by atoms with Crippen molar-refractivity contribution in [3.63, 3.8) is 0 Å². The quantitative estimate of drug-likeness (QED) is 0.849. The van der Waals surface area contributed by atoms with Crippen LogP contribution in [0.5, 0.6) is 0 Å². The summed E-state index contributed by atoms with van der Waals surface area (Å²) < 4.78 is 0. The highest BCUT2D eigenvalue weighted by molar-refractivity contribution is 5.76. The van der Waals surface area contributed by atoms with Crippen molar-refractivity contribution in [2.75, 3.05) is 18.8 Å². The standard InChI is InChI=1S/C16H24N2O/c17-15-9-5-4-8-14(15)10-11-16(19)18-12-6-2-1-3-7-13-18/h4-5,8-9H,1-3,6-7,10-13,17H2. The minimum Gasteiger partial charge on any atom is -0.399 e. The molecule has 0 saturated carbocycles. The first-order valence-corrected chi connectivity index (χ1v) is 7.38. The first kappa shape index (κ1) is 13.9. The zero-order valence-corrected chi connectivity index (χ0v) is 11.6. The molecule has 0 radical (unpaired) electrons. The number of anilines is 1. The maximum Gasteiger partial charge on any atom is 0.222 e. The van der Waals surface area contributed by atoms with Gasteiger partial charge in [0, 0.05) is 25.2 Å².